The van der Waals surface area contributed by atoms with Crippen molar-refractivity contribution in [3.63, 3.8) is 0 Å². The molecule has 0 bridgehead atoms. The van der Waals surface area contributed by atoms with E-state index < -0.39 is 12.2 Å². The number of rotatable bonds is 7. The third-order valence-electron chi connectivity index (χ3n) is 4.81. The number of nitrogens with zero attached hydrogens (tertiary/aromatic N) is 1. The van der Waals surface area contributed by atoms with E-state index >= 15 is 0 Å². The van der Waals surface area contributed by atoms with Crippen LogP contribution in [0.2, 0.25) is 0 Å². The highest BCUT2D eigenvalue weighted by Crippen LogP contribution is 2.36. The molecule has 2 atom stereocenters. The first-order valence-electron chi connectivity index (χ1n) is 9.53. The van der Waals surface area contributed by atoms with Gasteiger partial charge in [-0.2, -0.15) is 0 Å². The van der Waals surface area contributed by atoms with Crippen LogP contribution in [0.3, 0.4) is 0 Å². The SMILES string of the molecule is COc1ccc(O[C@@H]2COc3ccc(OCc4cc(OC)ccn4)cc3[C@@H]2O)cc1. The van der Waals surface area contributed by atoms with Gasteiger partial charge in [0, 0.05) is 17.8 Å². The highest BCUT2D eigenvalue weighted by Gasteiger charge is 2.31. The van der Waals surface area contributed by atoms with Crippen molar-refractivity contribution in [3.05, 3.63) is 72.1 Å². The van der Waals surface area contributed by atoms with Gasteiger partial charge in [-0.3, -0.25) is 4.98 Å². The molecule has 1 N–H and O–H groups in total. The lowest BCUT2D eigenvalue weighted by Crippen LogP contribution is -2.35. The monoisotopic (exact) mass is 409 g/mol. The van der Waals surface area contributed by atoms with Crippen LogP contribution in [0.1, 0.15) is 17.4 Å². The predicted octanol–water partition coefficient (Wildman–Crippen LogP) is 3.55. The summed E-state index contributed by atoms with van der Waals surface area (Å²) in [5.41, 5.74) is 1.36. The zero-order valence-corrected chi connectivity index (χ0v) is 16.8. The van der Waals surface area contributed by atoms with E-state index in [2.05, 4.69) is 4.98 Å². The number of pyridine rings is 1. The summed E-state index contributed by atoms with van der Waals surface area (Å²) in [7, 11) is 3.21. The smallest absolute Gasteiger partial charge is 0.163 e. The highest BCUT2D eigenvalue weighted by molar-refractivity contribution is 5.44. The minimum absolute atomic E-state index is 0.244. The highest BCUT2D eigenvalue weighted by atomic mass is 16.5. The Bertz CT molecular complexity index is 991. The van der Waals surface area contributed by atoms with E-state index in [4.69, 9.17) is 23.7 Å². The van der Waals surface area contributed by atoms with E-state index in [0.717, 1.165) is 17.2 Å². The van der Waals surface area contributed by atoms with Gasteiger partial charge in [0.25, 0.3) is 0 Å². The maximum Gasteiger partial charge on any atom is 0.163 e. The van der Waals surface area contributed by atoms with E-state index in [1.807, 2.05) is 6.07 Å². The number of aliphatic hydroxyl groups excluding tert-OH is 1. The molecule has 2 heterocycles. The van der Waals surface area contributed by atoms with Gasteiger partial charge in [-0.1, -0.05) is 0 Å². The Labute approximate surface area is 174 Å². The van der Waals surface area contributed by atoms with Crippen molar-refractivity contribution in [2.75, 3.05) is 20.8 Å². The van der Waals surface area contributed by atoms with Crippen molar-refractivity contribution in [2.45, 2.75) is 18.8 Å². The molecule has 1 aromatic heterocycles. The Morgan fingerprint density at radius 3 is 2.43 bits per heavy atom. The number of aliphatic hydroxyl groups is 1. The van der Waals surface area contributed by atoms with Crippen LogP contribution in [0.5, 0.6) is 28.7 Å². The van der Waals surface area contributed by atoms with Crippen LogP contribution in [0, 0.1) is 0 Å². The van der Waals surface area contributed by atoms with E-state index in [1.54, 1.807) is 68.9 Å². The van der Waals surface area contributed by atoms with Gasteiger partial charge >= 0.3 is 0 Å². The van der Waals surface area contributed by atoms with Gasteiger partial charge in [-0.25, -0.2) is 0 Å². The molecule has 0 spiro atoms. The second-order valence-electron chi connectivity index (χ2n) is 6.76. The molecule has 1 aliphatic rings. The van der Waals surface area contributed by atoms with Crippen LogP contribution in [0.15, 0.2) is 60.8 Å². The van der Waals surface area contributed by atoms with Gasteiger partial charge in [-0.15, -0.1) is 0 Å². The van der Waals surface area contributed by atoms with Crippen molar-refractivity contribution >= 4 is 0 Å². The molecule has 0 saturated carbocycles. The average Bonchev–Trinajstić information content (AvgIpc) is 2.80. The second kappa shape index (κ2) is 8.92. The predicted molar refractivity (Wildman–Crippen MR) is 109 cm³/mol. The summed E-state index contributed by atoms with van der Waals surface area (Å²) in [6.07, 6.45) is 0.277. The maximum absolute atomic E-state index is 10.8. The van der Waals surface area contributed by atoms with Crippen LogP contribution < -0.4 is 23.7 Å². The molecule has 0 amide bonds. The molecular weight excluding hydrogens is 386 g/mol. The number of fused-ring (bicyclic) bond motifs is 1. The van der Waals surface area contributed by atoms with Crippen LogP contribution in [0.25, 0.3) is 0 Å². The second-order valence-corrected chi connectivity index (χ2v) is 6.76. The maximum atomic E-state index is 10.8. The van der Waals surface area contributed by atoms with Gasteiger partial charge in [0.05, 0.1) is 19.9 Å². The molecule has 2 aromatic carbocycles. The Hall–Kier alpha value is -3.45. The third-order valence-corrected chi connectivity index (χ3v) is 4.81. The first kappa shape index (κ1) is 19.8. The van der Waals surface area contributed by atoms with Gasteiger partial charge in [0.15, 0.2) is 6.10 Å². The molecule has 3 aromatic rings. The summed E-state index contributed by atoms with van der Waals surface area (Å²) >= 11 is 0. The van der Waals surface area contributed by atoms with E-state index in [0.29, 0.717) is 22.8 Å². The van der Waals surface area contributed by atoms with Crippen LogP contribution >= 0.6 is 0 Å². The molecule has 156 valence electrons. The summed E-state index contributed by atoms with van der Waals surface area (Å²) in [6.45, 7) is 0.521. The summed E-state index contributed by atoms with van der Waals surface area (Å²) < 4.78 is 27.9. The van der Waals surface area contributed by atoms with E-state index in [1.165, 1.54) is 0 Å². The number of benzene rings is 2. The Kier molecular flexibility index (Phi) is 5.90. The first-order chi connectivity index (χ1) is 14.7. The van der Waals surface area contributed by atoms with Gasteiger partial charge in [0.1, 0.15) is 48.1 Å². The lowest BCUT2D eigenvalue weighted by atomic mass is 10.0. The molecule has 7 nitrogen and oxygen atoms in total. The fourth-order valence-electron chi connectivity index (χ4n) is 3.19. The zero-order chi connectivity index (χ0) is 20.9. The van der Waals surface area contributed by atoms with Crippen molar-refractivity contribution < 1.29 is 28.8 Å². The summed E-state index contributed by atoms with van der Waals surface area (Å²) in [5.74, 6) is 3.30. The molecule has 0 aliphatic carbocycles. The molecule has 0 saturated heterocycles. The molecule has 0 unspecified atom stereocenters. The number of aromatic nitrogens is 1. The fourth-order valence-corrected chi connectivity index (χ4v) is 3.19. The molecular formula is C23H23NO6. The number of hydrogen-bond acceptors (Lipinski definition) is 7. The van der Waals surface area contributed by atoms with Crippen molar-refractivity contribution in [1.29, 1.82) is 0 Å². The average molecular weight is 409 g/mol. The number of ether oxygens (including phenoxy) is 5. The zero-order valence-electron chi connectivity index (χ0n) is 16.8. The molecule has 0 radical (unpaired) electrons. The Balaban J connectivity index is 1.44. The lowest BCUT2D eigenvalue weighted by molar-refractivity contribution is -0.0104. The van der Waals surface area contributed by atoms with Crippen molar-refractivity contribution in [1.82, 2.24) is 4.98 Å². The molecule has 30 heavy (non-hydrogen) atoms. The minimum Gasteiger partial charge on any atom is -0.497 e. The van der Waals surface area contributed by atoms with Crippen LogP contribution in [-0.2, 0) is 6.61 Å². The quantitative estimate of drug-likeness (QED) is 0.639. The summed E-state index contributed by atoms with van der Waals surface area (Å²) in [6, 6.07) is 16.1. The molecule has 1 aliphatic heterocycles. The summed E-state index contributed by atoms with van der Waals surface area (Å²) in [4.78, 5) is 4.27. The Morgan fingerprint density at radius 1 is 0.933 bits per heavy atom. The largest absolute Gasteiger partial charge is 0.497 e. The van der Waals surface area contributed by atoms with E-state index in [9.17, 15) is 5.11 Å². The molecule has 7 heteroatoms. The lowest BCUT2D eigenvalue weighted by Gasteiger charge is -2.31. The third kappa shape index (κ3) is 4.41. The Morgan fingerprint density at radius 2 is 1.67 bits per heavy atom. The topological polar surface area (TPSA) is 79.3 Å². The number of hydrogen-bond donors (Lipinski definition) is 1. The number of methoxy groups -OCH3 is 2. The van der Waals surface area contributed by atoms with Gasteiger partial charge < -0.3 is 28.8 Å². The summed E-state index contributed by atoms with van der Waals surface area (Å²) in [5, 5.41) is 10.8. The molecule has 0 fully saturated rings. The fraction of sp³-hybridized carbons (Fsp3) is 0.261. The van der Waals surface area contributed by atoms with Crippen molar-refractivity contribution in [3.8, 4) is 28.7 Å². The first-order valence-corrected chi connectivity index (χ1v) is 9.53. The standard InChI is InChI=1S/C23H23NO6/c1-26-16-3-5-17(6-4-16)30-22-14-29-21-8-7-19(12-20(21)23(22)25)28-13-15-11-18(27-2)9-10-24-15/h3-12,22-23,25H,13-14H2,1-2H3/t22-,23+/m1/s1. The van der Waals surface area contributed by atoms with Crippen LogP contribution in [-0.4, -0.2) is 37.0 Å². The van der Waals surface area contributed by atoms with Gasteiger partial charge in [-0.05, 0) is 48.5 Å². The molecule has 4 rings (SSSR count). The van der Waals surface area contributed by atoms with Gasteiger partial charge in [0.2, 0.25) is 0 Å². The normalized spacial score (nSPS) is 17.4. The minimum atomic E-state index is -0.852. The van der Waals surface area contributed by atoms with E-state index in [-0.39, 0.29) is 13.2 Å². The van der Waals surface area contributed by atoms with Crippen molar-refractivity contribution in [2.24, 2.45) is 0 Å². The van der Waals surface area contributed by atoms with Crippen LogP contribution in [0.4, 0.5) is 0 Å².